The number of ether oxygens (including phenoxy) is 2. The summed E-state index contributed by atoms with van der Waals surface area (Å²) in [6.07, 6.45) is 0.679. The molecule has 0 spiro atoms. The van der Waals surface area contributed by atoms with E-state index in [-0.39, 0.29) is 36.6 Å². The average molecular weight is 503 g/mol. The number of amides is 1. The smallest absolute Gasteiger partial charge is 0.254 e. The van der Waals surface area contributed by atoms with E-state index in [9.17, 15) is 14.7 Å². The summed E-state index contributed by atoms with van der Waals surface area (Å²) < 4.78 is 11.2. The predicted molar refractivity (Wildman–Crippen MR) is 137 cm³/mol. The number of ketones is 1. The summed E-state index contributed by atoms with van der Waals surface area (Å²) in [6.45, 7) is 6.98. The number of hydrogen-bond acceptors (Lipinski definition) is 6. The molecule has 8 heteroatoms. The van der Waals surface area contributed by atoms with Gasteiger partial charge >= 0.3 is 0 Å². The first-order chi connectivity index (χ1) is 16.5. The second-order valence-electron chi connectivity index (χ2n) is 8.94. The van der Waals surface area contributed by atoms with Gasteiger partial charge in [-0.3, -0.25) is 9.59 Å². The third-order valence-corrected chi connectivity index (χ3v) is 6.77. The molecular weight excluding hydrogens is 468 g/mol. The Labute approximate surface area is 213 Å². The highest BCUT2D eigenvalue weighted by Crippen LogP contribution is 2.30. The lowest BCUT2D eigenvalue weighted by molar-refractivity contribution is 0.0302. The summed E-state index contributed by atoms with van der Waals surface area (Å²) in [7, 11) is 0. The Kier molecular flexibility index (Phi) is 9.69. The number of aliphatic hydroxyl groups is 1. The minimum absolute atomic E-state index is 0. The summed E-state index contributed by atoms with van der Waals surface area (Å²) in [5.74, 6) is 0.304. The largest absolute Gasteiger partial charge is 0.493 e. The van der Waals surface area contributed by atoms with Crippen molar-refractivity contribution in [2.75, 3.05) is 32.9 Å². The molecule has 7 nitrogen and oxygen atoms in total. The number of fused-ring (bicyclic) bond motifs is 1. The highest BCUT2D eigenvalue weighted by atomic mass is 35.5. The van der Waals surface area contributed by atoms with Gasteiger partial charge in [-0.05, 0) is 49.9 Å². The molecule has 2 atom stereocenters. The number of morpholine rings is 1. The number of carbonyl (C=O) groups excluding carboxylic acids is 2. The van der Waals surface area contributed by atoms with E-state index in [1.165, 1.54) is 11.1 Å². The quantitative estimate of drug-likeness (QED) is 0.538. The lowest BCUT2D eigenvalue weighted by Gasteiger charge is -2.30. The summed E-state index contributed by atoms with van der Waals surface area (Å²) >= 11 is 0. The lowest BCUT2D eigenvalue weighted by Crippen LogP contribution is -2.44. The van der Waals surface area contributed by atoms with Crippen LogP contribution in [0.2, 0.25) is 0 Å². The van der Waals surface area contributed by atoms with Crippen molar-refractivity contribution in [3.05, 3.63) is 64.2 Å². The zero-order valence-corrected chi connectivity index (χ0v) is 21.2. The maximum Gasteiger partial charge on any atom is 0.254 e. The second-order valence-corrected chi connectivity index (χ2v) is 8.94. The van der Waals surface area contributed by atoms with Crippen LogP contribution in [0.1, 0.15) is 57.2 Å². The van der Waals surface area contributed by atoms with Gasteiger partial charge in [0.1, 0.15) is 5.75 Å². The number of halogens is 1. The van der Waals surface area contributed by atoms with Gasteiger partial charge in [0.25, 0.3) is 5.91 Å². The van der Waals surface area contributed by atoms with Gasteiger partial charge in [-0.2, -0.15) is 0 Å². The molecule has 0 radical (unpaired) electrons. The Morgan fingerprint density at radius 3 is 2.54 bits per heavy atom. The highest BCUT2D eigenvalue weighted by Gasteiger charge is 2.27. The van der Waals surface area contributed by atoms with Gasteiger partial charge < -0.3 is 24.8 Å². The normalized spacial score (nSPS) is 18.3. The number of rotatable bonds is 8. The Morgan fingerprint density at radius 2 is 1.83 bits per heavy atom. The fraction of sp³-hybridized carbons (Fsp3) is 0.481. The number of aliphatic hydroxyl groups excluding tert-OH is 1. The maximum absolute atomic E-state index is 13.1. The highest BCUT2D eigenvalue weighted by molar-refractivity contribution is 6.02. The molecule has 1 saturated heterocycles. The first-order valence-corrected chi connectivity index (χ1v) is 12.1. The van der Waals surface area contributed by atoms with E-state index in [0.29, 0.717) is 61.8 Å². The number of hydrogen-bond donors (Lipinski definition) is 2. The molecule has 2 aromatic rings. The van der Waals surface area contributed by atoms with Crippen LogP contribution in [0.3, 0.4) is 0 Å². The van der Waals surface area contributed by atoms with Gasteiger partial charge in [-0.1, -0.05) is 24.3 Å². The first kappa shape index (κ1) is 27.1. The molecule has 0 aromatic heterocycles. The van der Waals surface area contributed by atoms with Crippen LogP contribution in [0.5, 0.6) is 5.75 Å². The van der Waals surface area contributed by atoms with Gasteiger partial charge in [-0.15, -0.1) is 12.4 Å². The van der Waals surface area contributed by atoms with E-state index in [1.54, 1.807) is 17.0 Å². The Bertz CT molecular complexity index is 1040. The predicted octanol–water partition coefficient (Wildman–Crippen LogP) is 3.33. The maximum atomic E-state index is 13.1. The van der Waals surface area contributed by atoms with Gasteiger partial charge in [0.2, 0.25) is 0 Å². The Morgan fingerprint density at radius 1 is 1.14 bits per heavy atom. The van der Waals surface area contributed by atoms with E-state index in [4.69, 9.17) is 9.47 Å². The van der Waals surface area contributed by atoms with E-state index in [2.05, 4.69) is 17.4 Å². The minimum Gasteiger partial charge on any atom is -0.493 e. The standard InChI is InChI=1S/C27H34N2O5.ClH/c1-3-34-26-18(2)21(27(32)29-12-14-33-15-13-29)8-9-22(26)24(30)10-11-25(31)23-16-19-6-4-5-7-20(19)17-28-23;/h4-9,23,25,28,31H,3,10-17H2,1-2H3;1H/t23-,25+;/m0./s1. The molecule has 2 N–H and O–H groups in total. The van der Waals surface area contributed by atoms with Gasteiger partial charge in [0.15, 0.2) is 5.78 Å². The van der Waals surface area contributed by atoms with Crippen LogP contribution >= 0.6 is 12.4 Å². The fourth-order valence-corrected chi connectivity index (χ4v) is 4.78. The Hall–Kier alpha value is -2.45. The summed E-state index contributed by atoms with van der Waals surface area (Å²) in [6, 6.07) is 11.6. The van der Waals surface area contributed by atoms with Crippen LogP contribution in [0.15, 0.2) is 36.4 Å². The van der Waals surface area contributed by atoms with Crippen LogP contribution < -0.4 is 10.1 Å². The molecule has 0 bridgehead atoms. The minimum atomic E-state index is -0.629. The molecule has 35 heavy (non-hydrogen) atoms. The average Bonchev–Trinajstić information content (AvgIpc) is 2.88. The molecule has 1 amide bonds. The van der Waals surface area contributed by atoms with Gasteiger partial charge in [0.05, 0.1) is 31.5 Å². The molecule has 0 saturated carbocycles. The van der Waals surface area contributed by atoms with Crippen LogP contribution in [0.25, 0.3) is 0 Å². The molecule has 2 aliphatic heterocycles. The van der Waals surface area contributed by atoms with Crippen molar-refractivity contribution < 1.29 is 24.2 Å². The third kappa shape index (κ3) is 6.22. The van der Waals surface area contributed by atoms with Crippen molar-refractivity contribution in [3.63, 3.8) is 0 Å². The number of carbonyl (C=O) groups is 2. The fourth-order valence-electron chi connectivity index (χ4n) is 4.78. The summed E-state index contributed by atoms with van der Waals surface area (Å²) in [5, 5.41) is 14.2. The van der Waals surface area contributed by atoms with Crippen LogP contribution in [-0.2, 0) is 17.7 Å². The molecule has 2 aromatic carbocycles. The molecule has 0 aliphatic carbocycles. The van der Waals surface area contributed by atoms with Crippen molar-refractivity contribution in [2.45, 2.75) is 51.8 Å². The van der Waals surface area contributed by atoms with Crippen molar-refractivity contribution in [3.8, 4) is 5.75 Å². The topological polar surface area (TPSA) is 88.1 Å². The SMILES string of the molecule is CCOc1c(C(=O)CC[C@@H](O)[C@@H]2Cc3ccccc3CN2)ccc(C(=O)N2CCOCC2)c1C.Cl. The lowest BCUT2D eigenvalue weighted by atomic mass is 9.90. The van der Waals surface area contributed by atoms with Crippen molar-refractivity contribution in [1.82, 2.24) is 10.2 Å². The molecule has 0 unspecified atom stereocenters. The first-order valence-electron chi connectivity index (χ1n) is 12.1. The van der Waals surface area contributed by atoms with E-state index < -0.39 is 6.10 Å². The monoisotopic (exact) mass is 502 g/mol. The van der Waals surface area contributed by atoms with Gasteiger partial charge in [-0.25, -0.2) is 0 Å². The Balaban J connectivity index is 0.00000342. The summed E-state index contributed by atoms with van der Waals surface area (Å²) in [5.41, 5.74) is 4.19. The number of benzene rings is 2. The van der Waals surface area contributed by atoms with E-state index >= 15 is 0 Å². The van der Waals surface area contributed by atoms with Crippen LogP contribution in [0, 0.1) is 6.92 Å². The van der Waals surface area contributed by atoms with Crippen LogP contribution in [-0.4, -0.2) is 66.8 Å². The molecule has 1 fully saturated rings. The molecule has 2 heterocycles. The number of nitrogens with one attached hydrogen (secondary N) is 1. The third-order valence-electron chi connectivity index (χ3n) is 6.77. The zero-order chi connectivity index (χ0) is 24.1. The number of Topliss-reactive ketones (excluding diaryl/α,β-unsaturated/α-hetero) is 1. The van der Waals surface area contributed by atoms with E-state index in [0.717, 1.165) is 13.0 Å². The molecule has 190 valence electrons. The van der Waals surface area contributed by atoms with Crippen molar-refractivity contribution >= 4 is 24.1 Å². The van der Waals surface area contributed by atoms with Crippen LogP contribution in [0.4, 0.5) is 0 Å². The number of nitrogens with zero attached hydrogens (tertiary/aromatic N) is 1. The molecular formula is C27H35ClN2O5. The second kappa shape index (κ2) is 12.5. The van der Waals surface area contributed by atoms with Gasteiger partial charge in [0, 0.05) is 43.2 Å². The zero-order valence-electron chi connectivity index (χ0n) is 20.4. The van der Waals surface area contributed by atoms with Crippen molar-refractivity contribution in [1.29, 1.82) is 0 Å². The van der Waals surface area contributed by atoms with Crippen molar-refractivity contribution in [2.24, 2.45) is 0 Å². The molecule has 4 rings (SSSR count). The molecule has 2 aliphatic rings. The van der Waals surface area contributed by atoms with E-state index in [1.807, 2.05) is 26.0 Å². The summed E-state index contributed by atoms with van der Waals surface area (Å²) in [4.78, 5) is 27.9.